The van der Waals surface area contributed by atoms with Gasteiger partial charge in [0.05, 0.1) is 28.6 Å². The van der Waals surface area contributed by atoms with E-state index in [4.69, 9.17) is 4.74 Å². The molecule has 6 heteroatoms. The highest BCUT2D eigenvalue weighted by atomic mass is 32.1. The van der Waals surface area contributed by atoms with E-state index >= 15 is 0 Å². The predicted molar refractivity (Wildman–Crippen MR) is 114 cm³/mol. The minimum absolute atomic E-state index is 0.140. The topological polar surface area (TPSA) is 49.7 Å². The van der Waals surface area contributed by atoms with Crippen LogP contribution in [0.25, 0.3) is 30.3 Å². The Labute approximate surface area is 169 Å². The average molecular weight is 415 g/mol. The van der Waals surface area contributed by atoms with Crippen molar-refractivity contribution in [3.63, 3.8) is 0 Å². The Morgan fingerprint density at radius 3 is 2.37 bits per heavy atom. The number of thiophene rings is 3. The molecule has 138 valence electrons. The number of hydrogen-bond donors (Lipinski definition) is 2. The molecule has 1 fully saturated rings. The molecule has 3 aromatic heterocycles. The van der Waals surface area contributed by atoms with Gasteiger partial charge in [0.2, 0.25) is 0 Å². The summed E-state index contributed by atoms with van der Waals surface area (Å²) in [5, 5.41) is 24.0. The second kappa shape index (κ2) is 7.13. The minimum atomic E-state index is -0.599. The van der Waals surface area contributed by atoms with E-state index in [1.165, 1.54) is 30.3 Å². The van der Waals surface area contributed by atoms with E-state index in [0.717, 1.165) is 4.88 Å². The third-order valence-corrected chi connectivity index (χ3v) is 8.57. The van der Waals surface area contributed by atoms with Crippen molar-refractivity contribution in [2.24, 2.45) is 0 Å². The van der Waals surface area contributed by atoms with Gasteiger partial charge in [-0.1, -0.05) is 30.3 Å². The van der Waals surface area contributed by atoms with Crippen LogP contribution in [-0.4, -0.2) is 29.0 Å². The van der Waals surface area contributed by atoms with Crippen molar-refractivity contribution in [3.8, 4) is 19.5 Å². The molecule has 4 heterocycles. The molecule has 3 atom stereocenters. The monoisotopic (exact) mass is 414 g/mol. The first-order valence-electron chi connectivity index (χ1n) is 8.84. The van der Waals surface area contributed by atoms with Gasteiger partial charge in [0.15, 0.2) is 0 Å². The van der Waals surface area contributed by atoms with Crippen LogP contribution in [0, 0.1) is 0 Å². The minimum Gasteiger partial charge on any atom is -0.394 e. The molecule has 1 aliphatic rings. The van der Waals surface area contributed by atoms with Gasteiger partial charge in [-0.05, 0) is 23.6 Å². The van der Waals surface area contributed by atoms with Gasteiger partial charge in [-0.3, -0.25) is 0 Å². The molecule has 0 spiro atoms. The van der Waals surface area contributed by atoms with Crippen LogP contribution in [0.3, 0.4) is 0 Å². The first kappa shape index (κ1) is 17.6. The summed E-state index contributed by atoms with van der Waals surface area (Å²) in [5.74, 6) is 0. The summed E-state index contributed by atoms with van der Waals surface area (Å²) in [6.45, 7) is -0.143. The van der Waals surface area contributed by atoms with Gasteiger partial charge in [0.1, 0.15) is 6.10 Å². The Balaban J connectivity index is 1.55. The fourth-order valence-electron chi connectivity index (χ4n) is 3.59. The standard InChI is InChI=1S/C21H18O3S3/c22-11-16-14(23)10-15(24-16)17-7-8-19(26-17)21-13-5-2-1-4-12(13)20(27-21)18-6-3-9-25-18/h1-9,14-16,22-23H,10-11H2/t14?,15-,16+/m0/s1. The lowest BCUT2D eigenvalue weighted by Crippen LogP contribution is -2.24. The highest BCUT2D eigenvalue weighted by Gasteiger charge is 2.35. The number of aliphatic hydroxyl groups is 2. The van der Waals surface area contributed by atoms with Crippen LogP contribution in [0.1, 0.15) is 17.4 Å². The molecular formula is C21H18O3S3. The molecule has 1 saturated heterocycles. The van der Waals surface area contributed by atoms with E-state index in [0.29, 0.717) is 6.42 Å². The van der Waals surface area contributed by atoms with E-state index in [1.54, 1.807) is 22.7 Å². The molecule has 3 nitrogen and oxygen atoms in total. The van der Waals surface area contributed by atoms with E-state index in [-0.39, 0.29) is 12.7 Å². The number of rotatable bonds is 4. The second-order valence-electron chi connectivity index (χ2n) is 6.63. The van der Waals surface area contributed by atoms with Gasteiger partial charge in [-0.15, -0.1) is 34.0 Å². The number of benzene rings is 1. The van der Waals surface area contributed by atoms with Gasteiger partial charge in [-0.25, -0.2) is 0 Å². The molecule has 1 aromatic carbocycles. The summed E-state index contributed by atoms with van der Waals surface area (Å²) in [6.07, 6.45) is -0.678. The third-order valence-electron chi connectivity index (χ3n) is 4.94. The van der Waals surface area contributed by atoms with Gasteiger partial charge in [-0.2, -0.15) is 0 Å². The van der Waals surface area contributed by atoms with E-state index < -0.39 is 12.2 Å². The molecule has 27 heavy (non-hydrogen) atoms. The maximum Gasteiger partial charge on any atom is 0.107 e. The third kappa shape index (κ3) is 3.06. The Hall–Kier alpha value is -1.54. The quantitative estimate of drug-likeness (QED) is 0.461. The molecule has 0 bridgehead atoms. The highest BCUT2D eigenvalue weighted by Crippen LogP contribution is 2.48. The van der Waals surface area contributed by atoms with Crippen LogP contribution in [0.2, 0.25) is 0 Å². The smallest absolute Gasteiger partial charge is 0.107 e. The first-order valence-corrected chi connectivity index (χ1v) is 11.4. The van der Waals surface area contributed by atoms with Crippen molar-refractivity contribution in [1.29, 1.82) is 0 Å². The van der Waals surface area contributed by atoms with E-state index in [1.807, 2.05) is 11.3 Å². The summed E-state index contributed by atoms with van der Waals surface area (Å²) in [6, 6.07) is 17.1. The highest BCUT2D eigenvalue weighted by molar-refractivity contribution is 7.27. The van der Waals surface area contributed by atoms with Crippen LogP contribution < -0.4 is 0 Å². The Kier molecular flexibility index (Phi) is 4.63. The fourth-order valence-corrected chi connectivity index (χ4v) is 6.92. The fraction of sp³-hybridized carbons (Fsp3) is 0.238. The zero-order valence-electron chi connectivity index (χ0n) is 14.4. The largest absolute Gasteiger partial charge is 0.394 e. The molecule has 0 aliphatic carbocycles. The molecule has 0 amide bonds. The van der Waals surface area contributed by atoms with E-state index in [2.05, 4.69) is 53.9 Å². The summed E-state index contributed by atoms with van der Waals surface area (Å²) < 4.78 is 5.83. The number of aliphatic hydroxyl groups excluding tert-OH is 2. The van der Waals surface area contributed by atoms with Crippen LogP contribution in [0.5, 0.6) is 0 Å². The van der Waals surface area contributed by atoms with Crippen molar-refractivity contribution in [1.82, 2.24) is 0 Å². The van der Waals surface area contributed by atoms with E-state index in [9.17, 15) is 10.2 Å². The predicted octanol–water partition coefficient (Wildman–Crippen LogP) is 5.54. The van der Waals surface area contributed by atoms with Crippen LogP contribution in [-0.2, 0) is 4.74 Å². The number of hydrogen-bond acceptors (Lipinski definition) is 6. The van der Waals surface area contributed by atoms with Crippen molar-refractivity contribution in [3.05, 3.63) is 58.8 Å². The summed E-state index contributed by atoms with van der Waals surface area (Å²) >= 11 is 5.33. The van der Waals surface area contributed by atoms with Crippen LogP contribution in [0.15, 0.2) is 53.9 Å². The molecular weight excluding hydrogens is 396 g/mol. The van der Waals surface area contributed by atoms with Gasteiger partial charge in [0, 0.05) is 31.8 Å². The van der Waals surface area contributed by atoms with Gasteiger partial charge in [0.25, 0.3) is 0 Å². The zero-order chi connectivity index (χ0) is 18.4. The summed E-state index contributed by atoms with van der Waals surface area (Å²) in [4.78, 5) is 6.22. The molecule has 1 aliphatic heterocycles. The van der Waals surface area contributed by atoms with Gasteiger partial charge < -0.3 is 14.9 Å². The molecule has 5 rings (SSSR count). The molecule has 2 N–H and O–H groups in total. The molecule has 0 saturated carbocycles. The Morgan fingerprint density at radius 2 is 1.70 bits per heavy atom. The lowest BCUT2D eigenvalue weighted by molar-refractivity contribution is -0.0216. The number of ether oxygens (including phenoxy) is 1. The maximum atomic E-state index is 10.0. The molecule has 0 radical (unpaired) electrons. The number of fused-ring (bicyclic) bond motifs is 1. The normalized spacial score (nSPS) is 22.7. The van der Waals surface area contributed by atoms with Crippen LogP contribution >= 0.6 is 34.0 Å². The molecule has 4 aromatic rings. The Bertz CT molecular complexity index is 1060. The maximum absolute atomic E-state index is 10.0. The lowest BCUT2D eigenvalue weighted by Gasteiger charge is -2.10. The van der Waals surface area contributed by atoms with Crippen molar-refractivity contribution >= 4 is 44.8 Å². The van der Waals surface area contributed by atoms with Crippen molar-refractivity contribution in [2.45, 2.75) is 24.7 Å². The summed E-state index contributed by atoms with van der Waals surface area (Å²) in [7, 11) is 0. The molecule has 1 unspecified atom stereocenters. The lowest BCUT2D eigenvalue weighted by atomic mass is 10.1. The first-order chi connectivity index (χ1) is 13.2. The second-order valence-corrected chi connectivity index (χ2v) is 9.72. The zero-order valence-corrected chi connectivity index (χ0v) is 16.8. The van der Waals surface area contributed by atoms with Crippen molar-refractivity contribution in [2.75, 3.05) is 6.61 Å². The average Bonchev–Trinajstić information content (AvgIpc) is 3.46. The van der Waals surface area contributed by atoms with Crippen LogP contribution in [0.4, 0.5) is 0 Å². The van der Waals surface area contributed by atoms with Crippen molar-refractivity contribution < 1.29 is 14.9 Å². The summed E-state index contributed by atoms with van der Waals surface area (Å²) in [5.41, 5.74) is 0. The van der Waals surface area contributed by atoms with Gasteiger partial charge >= 0.3 is 0 Å². The SMILES string of the molecule is OC[C@H]1O[C@H](c2ccc(-c3sc(-c4cccs4)c4ccccc34)s2)CC1O. The Morgan fingerprint density at radius 1 is 0.926 bits per heavy atom.